The Bertz CT molecular complexity index is 1100. The number of rotatable bonds is 21. The van der Waals surface area contributed by atoms with Gasteiger partial charge in [-0.2, -0.15) is 0 Å². The first-order valence-corrected chi connectivity index (χ1v) is 16.8. The fraction of sp³-hybridized carbons (Fsp3) is 0.538. The summed E-state index contributed by atoms with van der Waals surface area (Å²) in [6, 6.07) is 20.2. The van der Waals surface area contributed by atoms with Crippen LogP contribution in [0.1, 0.15) is 134 Å². The van der Waals surface area contributed by atoms with Gasteiger partial charge in [-0.3, -0.25) is 0 Å². The maximum absolute atomic E-state index is 15.0. The van der Waals surface area contributed by atoms with Crippen LogP contribution in [0.4, 0.5) is 8.78 Å². The zero-order chi connectivity index (χ0) is 29.1. The van der Waals surface area contributed by atoms with Crippen LogP contribution in [0, 0.1) is 11.6 Å². The van der Waals surface area contributed by atoms with Crippen molar-refractivity contribution in [2.24, 2.45) is 0 Å². The molecule has 0 unspecified atom stereocenters. The Labute approximate surface area is 250 Å². The Balaban J connectivity index is 1.44. The van der Waals surface area contributed by atoms with E-state index in [4.69, 9.17) is 0 Å². The molecule has 0 aromatic heterocycles. The van der Waals surface area contributed by atoms with Crippen LogP contribution >= 0.6 is 0 Å². The van der Waals surface area contributed by atoms with Crippen LogP contribution in [0.25, 0.3) is 22.3 Å². The van der Waals surface area contributed by atoms with Gasteiger partial charge in [-0.15, -0.1) is 0 Å². The van der Waals surface area contributed by atoms with Crippen LogP contribution in [-0.2, 0) is 12.8 Å². The largest absolute Gasteiger partial charge is 0.203 e. The number of benzene rings is 3. The van der Waals surface area contributed by atoms with Crippen LogP contribution in [0.3, 0.4) is 0 Å². The summed E-state index contributed by atoms with van der Waals surface area (Å²) >= 11 is 0. The number of hydrogen-bond acceptors (Lipinski definition) is 0. The molecule has 0 bridgehead atoms. The molecule has 0 aliphatic heterocycles. The summed E-state index contributed by atoms with van der Waals surface area (Å²) in [6.07, 6.45) is 23.4. The summed E-state index contributed by atoms with van der Waals surface area (Å²) in [5.74, 6) is -1.41. The Morgan fingerprint density at radius 2 is 0.805 bits per heavy atom. The van der Waals surface area contributed by atoms with Crippen LogP contribution in [0.15, 0.2) is 60.7 Å². The first kappa shape index (κ1) is 33.0. The fourth-order valence-electron chi connectivity index (χ4n) is 5.80. The van der Waals surface area contributed by atoms with E-state index < -0.39 is 11.6 Å². The molecule has 0 nitrogen and oxygen atoms in total. The first-order chi connectivity index (χ1) is 20.1. The van der Waals surface area contributed by atoms with Gasteiger partial charge < -0.3 is 0 Å². The molecule has 224 valence electrons. The molecule has 41 heavy (non-hydrogen) atoms. The van der Waals surface area contributed by atoms with Gasteiger partial charge >= 0.3 is 0 Å². The Morgan fingerprint density at radius 3 is 1.32 bits per heavy atom. The van der Waals surface area contributed by atoms with Crippen molar-refractivity contribution in [1.29, 1.82) is 0 Å². The van der Waals surface area contributed by atoms with Gasteiger partial charge in [-0.05, 0) is 53.5 Å². The van der Waals surface area contributed by atoms with E-state index in [1.54, 1.807) is 12.1 Å². The fourth-order valence-corrected chi connectivity index (χ4v) is 5.80. The van der Waals surface area contributed by atoms with Crippen molar-refractivity contribution < 1.29 is 8.78 Å². The van der Waals surface area contributed by atoms with Crippen molar-refractivity contribution in [3.05, 3.63) is 83.4 Å². The monoisotopic (exact) mass is 560 g/mol. The number of unbranched alkanes of at least 4 members (excludes halogenated alkanes) is 15. The van der Waals surface area contributed by atoms with Gasteiger partial charge in [-0.25, -0.2) is 8.78 Å². The summed E-state index contributed by atoms with van der Waals surface area (Å²) in [6.45, 7) is 4.51. The van der Waals surface area contributed by atoms with Crippen molar-refractivity contribution in [3.63, 3.8) is 0 Å². The van der Waals surface area contributed by atoms with Crippen molar-refractivity contribution in [3.8, 4) is 22.3 Å². The molecule has 0 saturated heterocycles. The molecule has 0 heterocycles. The van der Waals surface area contributed by atoms with Crippen LogP contribution in [0.5, 0.6) is 0 Å². The van der Waals surface area contributed by atoms with Crippen molar-refractivity contribution >= 4 is 0 Å². The van der Waals surface area contributed by atoms with Crippen molar-refractivity contribution in [2.75, 3.05) is 0 Å². The molecule has 0 atom stereocenters. The van der Waals surface area contributed by atoms with Gasteiger partial charge in [0, 0.05) is 5.56 Å². The van der Waals surface area contributed by atoms with Crippen molar-refractivity contribution in [1.82, 2.24) is 0 Å². The molecular weight excluding hydrogens is 506 g/mol. The van der Waals surface area contributed by atoms with Gasteiger partial charge in [0.15, 0.2) is 11.6 Å². The predicted octanol–water partition coefficient (Wildman–Crippen LogP) is 13.1. The molecular formula is C39H54F2. The van der Waals surface area contributed by atoms with E-state index in [9.17, 15) is 4.39 Å². The van der Waals surface area contributed by atoms with E-state index in [-0.39, 0.29) is 0 Å². The summed E-state index contributed by atoms with van der Waals surface area (Å²) in [4.78, 5) is 0. The van der Waals surface area contributed by atoms with E-state index in [0.717, 1.165) is 30.4 Å². The van der Waals surface area contributed by atoms with Crippen molar-refractivity contribution in [2.45, 2.75) is 136 Å². The molecule has 3 aromatic rings. The summed E-state index contributed by atoms with van der Waals surface area (Å²) < 4.78 is 30.0. The molecule has 0 aliphatic carbocycles. The standard InChI is InChI=1S/C39H54F2/c1-3-5-7-9-11-12-13-15-17-19-21-36-30-31-37(39(41)38(36)40)35-28-26-34(27-29-35)33-24-22-32(23-25-33)20-18-16-14-10-8-6-4-2/h22-31H,3-21H2,1-2H3. The number of halogens is 2. The lowest BCUT2D eigenvalue weighted by Crippen LogP contribution is -1.98. The maximum atomic E-state index is 15.0. The van der Waals surface area contributed by atoms with E-state index in [0.29, 0.717) is 23.1 Å². The third kappa shape index (κ3) is 11.7. The normalized spacial score (nSPS) is 11.3. The molecule has 0 aliphatic rings. The lowest BCUT2D eigenvalue weighted by Gasteiger charge is -2.10. The van der Waals surface area contributed by atoms with Gasteiger partial charge in [0.25, 0.3) is 0 Å². The minimum atomic E-state index is -0.725. The third-order valence-electron chi connectivity index (χ3n) is 8.51. The maximum Gasteiger partial charge on any atom is 0.166 e. The zero-order valence-electron chi connectivity index (χ0n) is 26.0. The molecule has 0 saturated carbocycles. The second-order valence-electron chi connectivity index (χ2n) is 12.0. The van der Waals surface area contributed by atoms with Gasteiger partial charge in [-0.1, -0.05) is 171 Å². The number of aryl methyl sites for hydroxylation is 2. The zero-order valence-corrected chi connectivity index (χ0v) is 26.0. The van der Waals surface area contributed by atoms with Crippen LogP contribution < -0.4 is 0 Å². The summed E-state index contributed by atoms with van der Waals surface area (Å²) in [5, 5.41) is 0. The Morgan fingerprint density at radius 1 is 0.390 bits per heavy atom. The molecule has 0 spiro atoms. The SMILES string of the molecule is CCCCCCCCCCCCc1ccc(-c2ccc(-c3ccc(CCCCCCCCC)cc3)cc2)c(F)c1F. The molecule has 3 rings (SSSR count). The lowest BCUT2D eigenvalue weighted by atomic mass is 9.96. The van der Waals surface area contributed by atoms with Gasteiger partial charge in [0.1, 0.15) is 0 Å². The topological polar surface area (TPSA) is 0 Å². The molecule has 0 fully saturated rings. The smallest absolute Gasteiger partial charge is 0.166 e. The second-order valence-corrected chi connectivity index (χ2v) is 12.0. The van der Waals surface area contributed by atoms with Gasteiger partial charge in [0.2, 0.25) is 0 Å². The van der Waals surface area contributed by atoms with Gasteiger partial charge in [0.05, 0.1) is 0 Å². The lowest BCUT2D eigenvalue weighted by molar-refractivity contribution is 0.496. The Hall–Kier alpha value is -2.48. The summed E-state index contributed by atoms with van der Waals surface area (Å²) in [5.41, 5.74) is 5.18. The summed E-state index contributed by atoms with van der Waals surface area (Å²) in [7, 11) is 0. The quantitative estimate of drug-likeness (QED) is 0.114. The molecule has 0 N–H and O–H groups in total. The minimum absolute atomic E-state index is 0.339. The average molecular weight is 561 g/mol. The van der Waals surface area contributed by atoms with E-state index in [2.05, 4.69) is 38.1 Å². The van der Waals surface area contributed by atoms with Crippen LogP contribution in [0.2, 0.25) is 0 Å². The van der Waals surface area contributed by atoms with E-state index in [1.165, 1.54) is 102 Å². The number of hydrogen-bond donors (Lipinski definition) is 0. The van der Waals surface area contributed by atoms with Crippen LogP contribution in [-0.4, -0.2) is 0 Å². The highest BCUT2D eigenvalue weighted by Gasteiger charge is 2.15. The second kappa shape index (κ2) is 19.6. The average Bonchev–Trinajstić information content (AvgIpc) is 3.00. The Kier molecular flexibility index (Phi) is 15.8. The molecule has 0 radical (unpaired) electrons. The highest BCUT2D eigenvalue weighted by atomic mass is 19.2. The minimum Gasteiger partial charge on any atom is -0.203 e. The van der Waals surface area contributed by atoms with E-state index in [1.807, 2.05) is 24.3 Å². The first-order valence-electron chi connectivity index (χ1n) is 16.8. The predicted molar refractivity (Wildman–Crippen MR) is 174 cm³/mol. The molecule has 0 amide bonds. The molecule has 2 heteroatoms. The van der Waals surface area contributed by atoms with E-state index >= 15 is 4.39 Å². The highest BCUT2D eigenvalue weighted by molar-refractivity contribution is 5.71. The molecule has 3 aromatic carbocycles. The third-order valence-corrected chi connectivity index (χ3v) is 8.51. The highest BCUT2D eigenvalue weighted by Crippen LogP contribution is 2.30.